The van der Waals surface area contributed by atoms with E-state index < -0.39 is 0 Å². The maximum Gasteiger partial charge on any atom is 0.306 e. The molecule has 2 rings (SSSR count). The van der Waals surface area contributed by atoms with Crippen molar-refractivity contribution in [1.29, 1.82) is 0 Å². The Morgan fingerprint density at radius 1 is 1.44 bits per heavy atom. The minimum atomic E-state index is -0.111. The average molecular weight is 227 g/mol. The second kappa shape index (κ2) is 5.15. The van der Waals surface area contributed by atoms with Crippen LogP contribution in [0.25, 0.3) is 0 Å². The number of ether oxygens (including phenoxy) is 2. The van der Waals surface area contributed by atoms with E-state index >= 15 is 0 Å². The topological polar surface area (TPSA) is 61.6 Å². The zero-order valence-electron chi connectivity index (χ0n) is 9.74. The summed E-state index contributed by atoms with van der Waals surface area (Å²) in [6, 6.07) is 0. The maximum atomic E-state index is 11.6. The minimum Gasteiger partial charge on any atom is -0.463 e. The normalized spacial score (nSPS) is 27.4. The number of esters is 1. The standard InChI is InChI=1S/C12H21NO3/c13-9-12(4-2-5-12)7-11(14)16-8-10-3-1-6-15-10/h10H,1-9,13H2. The fraction of sp³-hybridized carbons (Fsp3) is 0.917. The molecule has 16 heavy (non-hydrogen) atoms. The van der Waals surface area contributed by atoms with E-state index in [9.17, 15) is 4.79 Å². The Balaban J connectivity index is 1.67. The van der Waals surface area contributed by atoms with Crippen LogP contribution in [0.5, 0.6) is 0 Å². The van der Waals surface area contributed by atoms with Gasteiger partial charge in [0, 0.05) is 6.61 Å². The number of nitrogens with two attached hydrogens (primary N) is 1. The lowest BCUT2D eigenvalue weighted by Crippen LogP contribution is -2.39. The van der Waals surface area contributed by atoms with Gasteiger partial charge < -0.3 is 15.2 Å². The van der Waals surface area contributed by atoms with Gasteiger partial charge in [-0.3, -0.25) is 4.79 Å². The average Bonchev–Trinajstić information content (AvgIpc) is 2.73. The largest absolute Gasteiger partial charge is 0.463 e. The molecule has 0 amide bonds. The lowest BCUT2D eigenvalue weighted by atomic mass is 9.67. The van der Waals surface area contributed by atoms with E-state index in [-0.39, 0.29) is 17.5 Å². The van der Waals surface area contributed by atoms with Crippen LogP contribution in [0.15, 0.2) is 0 Å². The predicted molar refractivity (Wildman–Crippen MR) is 59.9 cm³/mol. The minimum absolute atomic E-state index is 0.0492. The van der Waals surface area contributed by atoms with Crippen LogP contribution in [0.4, 0.5) is 0 Å². The van der Waals surface area contributed by atoms with Crippen molar-refractivity contribution in [2.75, 3.05) is 19.8 Å². The Hall–Kier alpha value is -0.610. The number of hydrogen-bond acceptors (Lipinski definition) is 4. The summed E-state index contributed by atoms with van der Waals surface area (Å²) in [6.07, 6.45) is 6.02. The maximum absolute atomic E-state index is 11.6. The molecule has 1 atom stereocenters. The number of carbonyl (C=O) groups excluding carboxylic acids is 1. The molecule has 0 radical (unpaired) electrons. The van der Waals surface area contributed by atoms with E-state index in [0.717, 1.165) is 32.3 Å². The highest BCUT2D eigenvalue weighted by Crippen LogP contribution is 2.43. The molecule has 0 aromatic heterocycles. The SMILES string of the molecule is NCC1(CC(=O)OCC2CCCO2)CCC1. The third-order valence-corrected chi connectivity index (χ3v) is 3.82. The van der Waals surface area contributed by atoms with Crippen molar-refractivity contribution in [3.05, 3.63) is 0 Å². The second-order valence-corrected chi connectivity index (χ2v) is 5.05. The molecule has 2 fully saturated rings. The van der Waals surface area contributed by atoms with Crippen LogP contribution in [-0.4, -0.2) is 31.8 Å². The molecule has 0 spiro atoms. The molecular weight excluding hydrogens is 206 g/mol. The van der Waals surface area contributed by atoms with Gasteiger partial charge >= 0.3 is 5.97 Å². The highest BCUT2D eigenvalue weighted by Gasteiger charge is 2.38. The third-order valence-electron chi connectivity index (χ3n) is 3.82. The Morgan fingerprint density at radius 3 is 2.75 bits per heavy atom. The molecule has 0 bridgehead atoms. The lowest BCUT2D eigenvalue weighted by Gasteiger charge is -2.40. The van der Waals surface area contributed by atoms with Gasteiger partial charge in [-0.2, -0.15) is 0 Å². The first-order chi connectivity index (χ1) is 7.74. The molecule has 1 heterocycles. The van der Waals surface area contributed by atoms with E-state index in [1.807, 2.05) is 0 Å². The smallest absolute Gasteiger partial charge is 0.306 e. The Morgan fingerprint density at radius 2 is 2.25 bits per heavy atom. The van der Waals surface area contributed by atoms with Crippen molar-refractivity contribution in [1.82, 2.24) is 0 Å². The van der Waals surface area contributed by atoms with Crippen molar-refractivity contribution in [3.63, 3.8) is 0 Å². The van der Waals surface area contributed by atoms with Crippen LogP contribution in [0.1, 0.15) is 38.5 Å². The van der Waals surface area contributed by atoms with Gasteiger partial charge in [0.2, 0.25) is 0 Å². The first kappa shape index (κ1) is 11.9. The molecule has 1 saturated heterocycles. The Bertz CT molecular complexity index is 239. The summed E-state index contributed by atoms with van der Waals surface area (Å²) in [5.41, 5.74) is 5.75. The number of hydrogen-bond donors (Lipinski definition) is 1. The van der Waals surface area contributed by atoms with Crippen molar-refractivity contribution in [3.8, 4) is 0 Å². The molecule has 0 aromatic rings. The molecule has 4 heteroatoms. The number of carbonyl (C=O) groups is 1. The van der Waals surface area contributed by atoms with Crippen LogP contribution in [0, 0.1) is 5.41 Å². The van der Waals surface area contributed by atoms with Crippen LogP contribution >= 0.6 is 0 Å². The molecule has 1 aliphatic carbocycles. The molecule has 4 nitrogen and oxygen atoms in total. The quantitative estimate of drug-likeness (QED) is 0.717. The van der Waals surface area contributed by atoms with Crippen molar-refractivity contribution >= 4 is 5.97 Å². The molecule has 1 aliphatic heterocycles. The van der Waals surface area contributed by atoms with Gasteiger partial charge in [0.1, 0.15) is 6.61 Å². The fourth-order valence-electron chi connectivity index (χ4n) is 2.45. The monoisotopic (exact) mass is 227 g/mol. The lowest BCUT2D eigenvalue weighted by molar-refractivity contribution is -0.151. The van der Waals surface area contributed by atoms with Gasteiger partial charge in [-0.05, 0) is 37.6 Å². The van der Waals surface area contributed by atoms with Gasteiger partial charge in [-0.1, -0.05) is 6.42 Å². The summed E-state index contributed by atoms with van der Waals surface area (Å²) >= 11 is 0. The third kappa shape index (κ3) is 2.74. The molecule has 1 unspecified atom stereocenters. The fourth-order valence-corrected chi connectivity index (χ4v) is 2.45. The van der Waals surface area contributed by atoms with E-state index in [2.05, 4.69) is 0 Å². The van der Waals surface area contributed by atoms with Gasteiger partial charge in [0.05, 0.1) is 12.5 Å². The molecular formula is C12H21NO3. The van der Waals surface area contributed by atoms with Gasteiger partial charge in [-0.25, -0.2) is 0 Å². The summed E-state index contributed by atoms with van der Waals surface area (Å²) < 4.78 is 10.6. The Labute approximate surface area is 96.5 Å². The van der Waals surface area contributed by atoms with Crippen LogP contribution < -0.4 is 5.73 Å². The van der Waals surface area contributed by atoms with Gasteiger partial charge in [-0.15, -0.1) is 0 Å². The van der Waals surface area contributed by atoms with Crippen molar-refractivity contribution in [2.45, 2.75) is 44.6 Å². The highest BCUT2D eigenvalue weighted by atomic mass is 16.6. The molecule has 1 saturated carbocycles. The Kier molecular flexibility index (Phi) is 3.82. The van der Waals surface area contributed by atoms with E-state index in [0.29, 0.717) is 19.6 Å². The molecule has 92 valence electrons. The van der Waals surface area contributed by atoms with E-state index in [1.54, 1.807) is 0 Å². The second-order valence-electron chi connectivity index (χ2n) is 5.05. The van der Waals surface area contributed by atoms with E-state index in [4.69, 9.17) is 15.2 Å². The van der Waals surface area contributed by atoms with Crippen LogP contribution in [0.2, 0.25) is 0 Å². The van der Waals surface area contributed by atoms with Gasteiger partial charge in [0.15, 0.2) is 0 Å². The molecule has 2 N–H and O–H groups in total. The van der Waals surface area contributed by atoms with E-state index in [1.165, 1.54) is 6.42 Å². The first-order valence-corrected chi connectivity index (χ1v) is 6.21. The predicted octanol–water partition coefficient (Wildman–Crippen LogP) is 1.23. The van der Waals surface area contributed by atoms with Crippen LogP contribution in [0.3, 0.4) is 0 Å². The van der Waals surface area contributed by atoms with Crippen molar-refractivity contribution < 1.29 is 14.3 Å². The van der Waals surface area contributed by atoms with Gasteiger partial charge in [0.25, 0.3) is 0 Å². The summed E-state index contributed by atoms with van der Waals surface area (Å²) in [7, 11) is 0. The van der Waals surface area contributed by atoms with Crippen LogP contribution in [-0.2, 0) is 14.3 Å². The van der Waals surface area contributed by atoms with Crippen molar-refractivity contribution in [2.24, 2.45) is 11.1 Å². The summed E-state index contributed by atoms with van der Waals surface area (Å²) in [6.45, 7) is 1.82. The summed E-state index contributed by atoms with van der Waals surface area (Å²) in [4.78, 5) is 11.6. The summed E-state index contributed by atoms with van der Waals surface area (Å²) in [5, 5.41) is 0. The highest BCUT2D eigenvalue weighted by molar-refractivity contribution is 5.70. The molecule has 2 aliphatic rings. The molecule has 0 aromatic carbocycles. The summed E-state index contributed by atoms with van der Waals surface area (Å²) in [5.74, 6) is -0.111. The number of rotatable bonds is 5. The zero-order valence-corrected chi connectivity index (χ0v) is 9.74. The zero-order chi connectivity index (χ0) is 11.4. The first-order valence-electron chi connectivity index (χ1n) is 6.21.